The first-order chi connectivity index (χ1) is 13.2. The number of piperazine rings is 1. The fourth-order valence-corrected chi connectivity index (χ4v) is 4.55. The van der Waals surface area contributed by atoms with Gasteiger partial charge < -0.3 is 0 Å². The first kappa shape index (κ1) is 18.2. The van der Waals surface area contributed by atoms with E-state index in [9.17, 15) is 4.79 Å². The van der Waals surface area contributed by atoms with Crippen molar-refractivity contribution in [1.29, 1.82) is 0 Å². The van der Waals surface area contributed by atoms with E-state index in [4.69, 9.17) is 0 Å². The molecule has 1 saturated heterocycles. The van der Waals surface area contributed by atoms with Crippen LogP contribution in [0.1, 0.15) is 22.9 Å². The second-order valence-electron chi connectivity index (χ2n) is 7.09. The minimum absolute atomic E-state index is 0.140. The third kappa shape index (κ3) is 4.05. The summed E-state index contributed by atoms with van der Waals surface area (Å²) in [6.45, 7) is 6.63. The SMILES string of the molecule is Cc1csc(=O)n1CN1CCN(C(c2ccccc2)c2ccccc2)CC1. The lowest BCUT2D eigenvalue weighted by molar-refractivity contribution is 0.0874. The van der Waals surface area contributed by atoms with Crippen LogP contribution in [0.15, 0.2) is 70.8 Å². The van der Waals surface area contributed by atoms with E-state index in [0.29, 0.717) is 6.67 Å². The number of nitrogens with zero attached hydrogens (tertiary/aromatic N) is 3. The van der Waals surface area contributed by atoms with Gasteiger partial charge in [-0.05, 0) is 18.1 Å². The van der Waals surface area contributed by atoms with Crippen LogP contribution in [0.2, 0.25) is 0 Å². The van der Waals surface area contributed by atoms with E-state index in [0.717, 1.165) is 31.9 Å². The highest BCUT2D eigenvalue weighted by Gasteiger charge is 2.26. The molecule has 0 radical (unpaired) electrons. The molecule has 0 amide bonds. The Kier molecular flexibility index (Phi) is 5.53. The fraction of sp³-hybridized carbons (Fsp3) is 0.318. The molecule has 2 heterocycles. The number of aryl methyl sites for hydroxylation is 1. The molecular formula is C22H25N3OS. The molecular weight excluding hydrogens is 354 g/mol. The number of benzene rings is 2. The molecule has 5 heteroatoms. The summed E-state index contributed by atoms with van der Waals surface area (Å²) in [4.78, 5) is 17.1. The van der Waals surface area contributed by atoms with Gasteiger partial charge in [0.05, 0.1) is 12.7 Å². The van der Waals surface area contributed by atoms with Crippen LogP contribution in [-0.4, -0.2) is 40.5 Å². The lowest BCUT2D eigenvalue weighted by atomic mass is 9.96. The molecule has 3 aromatic rings. The molecule has 0 N–H and O–H groups in total. The molecule has 140 valence electrons. The van der Waals surface area contributed by atoms with Gasteiger partial charge in [-0.3, -0.25) is 19.2 Å². The van der Waals surface area contributed by atoms with Crippen molar-refractivity contribution < 1.29 is 0 Å². The Morgan fingerprint density at radius 3 is 1.93 bits per heavy atom. The Labute approximate surface area is 164 Å². The summed E-state index contributed by atoms with van der Waals surface area (Å²) in [5.41, 5.74) is 3.72. The number of rotatable bonds is 5. The van der Waals surface area contributed by atoms with Crippen molar-refractivity contribution in [2.75, 3.05) is 26.2 Å². The largest absolute Gasteiger partial charge is 0.308 e. The standard InChI is InChI=1S/C22H25N3OS/c1-18-16-27-22(26)25(18)17-23-12-14-24(15-13-23)21(19-8-4-2-5-9-19)20-10-6-3-7-11-20/h2-11,16,21H,12-15,17H2,1H3. The maximum Gasteiger partial charge on any atom is 0.308 e. The van der Waals surface area contributed by atoms with Gasteiger partial charge in [-0.25, -0.2) is 0 Å². The lowest BCUT2D eigenvalue weighted by Crippen LogP contribution is -2.48. The summed E-state index contributed by atoms with van der Waals surface area (Å²) >= 11 is 1.29. The Hall–Kier alpha value is -2.21. The molecule has 1 aromatic heterocycles. The second kappa shape index (κ2) is 8.21. The van der Waals surface area contributed by atoms with Gasteiger partial charge in [-0.1, -0.05) is 72.0 Å². The number of hydrogen-bond donors (Lipinski definition) is 0. The van der Waals surface area contributed by atoms with Gasteiger partial charge in [0.25, 0.3) is 0 Å². The molecule has 2 aromatic carbocycles. The zero-order chi connectivity index (χ0) is 18.6. The predicted molar refractivity (Wildman–Crippen MR) is 111 cm³/mol. The molecule has 1 aliphatic rings. The van der Waals surface area contributed by atoms with Crippen LogP contribution in [0.3, 0.4) is 0 Å². The van der Waals surface area contributed by atoms with E-state index < -0.39 is 0 Å². The normalized spacial score (nSPS) is 16.1. The quantitative estimate of drug-likeness (QED) is 0.678. The number of aromatic nitrogens is 1. The lowest BCUT2D eigenvalue weighted by Gasteiger charge is -2.39. The van der Waals surface area contributed by atoms with Gasteiger partial charge >= 0.3 is 4.87 Å². The Morgan fingerprint density at radius 1 is 0.889 bits per heavy atom. The van der Waals surface area contributed by atoms with E-state index in [1.165, 1.54) is 22.5 Å². The summed E-state index contributed by atoms with van der Waals surface area (Å²) < 4.78 is 1.88. The van der Waals surface area contributed by atoms with Gasteiger partial charge in [0.2, 0.25) is 0 Å². The monoisotopic (exact) mass is 379 g/mol. The molecule has 0 spiro atoms. The van der Waals surface area contributed by atoms with E-state index in [1.807, 2.05) is 16.9 Å². The molecule has 0 atom stereocenters. The topological polar surface area (TPSA) is 28.5 Å². The van der Waals surface area contributed by atoms with Crippen molar-refractivity contribution in [2.45, 2.75) is 19.6 Å². The van der Waals surface area contributed by atoms with Crippen molar-refractivity contribution in [2.24, 2.45) is 0 Å². The zero-order valence-corrected chi connectivity index (χ0v) is 16.4. The maximum absolute atomic E-state index is 12.0. The summed E-state index contributed by atoms with van der Waals surface area (Å²) in [5.74, 6) is 0. The fourth-order valence-electron chi connectivity index (χ4n) is 3.82. The minimum atomic E-state index is 0.140. The third-order valence-electron chi connectivity index (χ3n) is 5.32. The molecule has 0 unspecified atom stereocenters. The summed E-state index contributed by atoms with van der Waals surface area (Å²) in [6, 6.07) is 21.8. The average Bonchev–Trinajstić information content (AvgIpc) is 3.03. The highest BCUT2D eigenvalue weighted by molar-refractivity contribution is 7.07. The Bertz CT molecular complexity index is 872. The van der Waals surface area contributed by atoms with E-state index >= 15 is 0 Å². The first-order valence-electron chi connectivity index (χ1n) is 9.43. The molecule has 4 nitrogen and oxygen atoms in total. The first-order valence-corrected chi connectivity index (χ1v) is 10.3. The zero-order valence-electron chi connectivity index (χ0n) is 15.6. The van der Waals surface area contributed by atoms with Crippen molar-refractivity contribution in [3.05, 3.63) is 92.5 Å². The van der Waals surface area contributed by atoms with Gasteiger partial charge in [0.15, 0.2) is 0 Å². The summed E-state index contributed by atoms with van der Waals surface area (Å²) in [6.07, 6.45) is 0. The summed E-state index contributed by atoms with van der Waals surface area (Å²) in [5, 5.41) is 1.94. The highest BCUT2D eigenvalue weighted by atomic mass is 32.1. The van der Waals surface area contributed by atoms with Crippen LogP contribution in [0.4, 0.5) is 0 Å². The second-order valence-corrected chi connectivity index (χ2v) is 7.91. The number of thiazole rings is 1. The van der Waals surface area contributed by atoms with Crippen LogP contribution in [-0.2, 0) is 6.67 Å². The molecule has 1 aliphatic heterocycles. The van der Waals surface area contributed by atoms with E-state index in [2.05, 4.69) is 70.5 Å². The van der Waals surface area contributed by atoms with Gasteiger partial charge in [0, 0.05) is 37.3 Å². The third-order valence-corrected chi connectivity index (χ3v) is 6.20. The molecule has 0 bridgehead atoms. The van der Waals surface area contributed by atoms with E-state index in [1.54, 1.807) is 0 Å². The van der Waals surface area contributed by atoms with Crippen LogP contribution in [0, 0.1) is 6.92 Å². The van der Waals surface area contributed by atoms with Gasteiger partial charge in [0.1, 0.15) is 0 Å². The van der Waals surface area contributed by atoms with Crippen molar-refractivity contribution >= 4 is 11.3 Å². The Balaban J connectivity index is 1.50. The molecule has 0 aliphatic carbocycles. The van der Waals surface area contributed by atoms with Crippen molar-refractivity contribution in [3.63, 3.8) is 0 Å². The van der Waals surface area contributed by atoms with Crippen molar-refractivity contribution in [1.82, 2.24) is 14.4 Å². The maximum atomic E-state index is 12.0. The van der Waals surface area contributed by atoms with E-state index in [-0.39, 0.29) is 10.9 Å². The van der Waals surface area contributed by atoms with Gasteiger partial charge in [-0.15, -0.1) is 0 Å². The predicted octanol–water partition coefficient (Wildman–Crippen LogP) is 3.58. The molecule has 27 heavy (non-hydrogen) atoms. The molecule has 1 fully saturated rings. The molecule has 4 rings (SSSR count). The van der Waals surface area contributed by atoms with Crippen LogP contribution >= 0.6 is 11.3 Å². The van der Waals surface area contributed by atoms with Crippen LogP contribution < -0.4 is 4.87 Å². The number of hydrogen-bond acceptors (Lipinski definition) is 4. The highest BCUT2D eigenvalue weighted by Crippen LogP contribution is 2.29. The molecule has 0 saturated carbocycles. The Morgan fingerprint density at radius 2 is 1.44 bits per heavy atom. The van der Waals surface area contributed by atoms with Crippen molar-refractivity contribution in [3.8, 4) is 0 Å². The van der Waals surface area contributed by atoms with Crippen LogP contribution in [0.25, 0.3) is 0 Å². The smallest absolute Gasteiger partial charge is 0.290 e. The summed E-state index contributed by atoms with van der Waals surface area (Å²) in [7, 11) is 0. The minimum Gasteiger partial charge on any atom is -0.290 e. The average molecular weight is 380 g/mol. The van der Waals surface area contributed by atoms with Gasteiger partial charge in [-0.2, -0.15) is 0 Å². The van der Waals surface area contributed by atoms with Crippen LogP contribution in [0.5, 0.6) is 0 Å².